The second-order valence-electron chi connectivity index (χ2n) is 4.58. The number of amides is 1. The summed E-state index contributed by atoms with van der Waals surface area (Å²) in [6.07, 6.45) is 0.399. The van der Waals surface area contributed by atoms with Gasteiger partial charge in [-0.1, -0.05) is 5.10 Å². The van der Waals surface area contributed by atoms with E-state index in [1.165, 1.54) is 0 Å². The number of hydrogen-bond acceptors (Lipinski definition) is 9. The molecule has 112 valence electrons. The molecule has 0 aliphatic heterocycles. The summed E-state index contributed by atoms with van der Waals surface area (Å²) in [6, 6.07) is 0. The Balaban J connectivity index is 2.37. The maximum atomic E-state index is 11.3. The van der Waals surface area contributed by atoms with Gasteiger partial charge in [-0.2, -0.15) is 4.99 Å². The Morgan fingerprint density at radius 3 is 2.85 bits per heavy atom. The van der Waals surface area contributed by atoms with E-state index < -0.39 is 6.09 Å². The number of aromatic nitrogens is 2. The van der Waals surface area contributed by atoms with Crippen LogP contribution in [0.25, 0.3) is 0 Å². The number of rotatable bonds is 6. The molecule has 0 saturated carbocycles. The topological polar surface area (TPSA) is 121 Å². The lowest BCUT2D eigenvalue weighted by Gasteiger charge is -2.18. The molecule has 1 aromatic rings. The first-order chi connectivity index (χ1) is 9.40. The number of carbonyl (C=O) groups is 1. The zero-order valence-electron chi connectivity index (χ0n) is 11.5. The Labute approximate surface area is 120 Å². The largest absolute Gasteiger partial charge is 0.466 e. The normalized spacial score (nSPS) is 11.6. The van der Waals surface area contributed by atoms with Crippen LogP contribution in [-0.4, -0.2) is 41.4 Å². The predicted octanol–water partition coefficient (Wildman–Crippen LogP) is 0.992. The Hall–Kier alpha value is -1.78. The smallest absolute Gasteiger partial charge is 0.413 e. The molecule has 0 fully saturated rings. The lowest BCUT2D eigenvalue weighted by Crippen LogP contribution is -2.40. The molecule has 20 heavy (non-hydrogen) atoms. The quantitative estimate of drug-likeness (QED) is 0.348. The minimum atomic E-state index is -0.595. The summed E-state index contributed by atoms with van der Waals surface area (Å²) in [4.78, 5) is 19.5. The highest BCUT2D eigenvalue weighted by molar-refractivity contribution is 7.16. The van der Waals surface area contributed by atoms with Crippen LogP contribution >= 0.6 is 11.3 Å². The van der Waals surface area contributed by atoms with Gasteiger partial charge in [-0.05, 0) is 32.1 Å². The summed E-state index contributed by atoms with van der Waals surface area (Å²) in [5.74, 6) is 4.85. The number of alkyl carbamates (subject to hydrolysis) is 1. The minimum Gasteiger partial charge on any atom is -0.466 e. The fraction of sp³-hybridized carbons (Fsp3) is 0.600. The van der Waals surface area contributed by atoms with Crippen molar-refractivity contribution in [1.82, 2.24) is 15.5 Å². The molecule has 9 nitrogen and oxygen atoms in total. The molecule has 0 aromatic carbocycles. The van der Waals surface area contributed by atoms with Gasteiger partial charge in [-0.25, -0.2) is 10.7 Å². The van der Waals surface area contributed by atoms with Crippen LogP contribution in [0.4, 0.5) is 9.93 Å². The van der Waals surface area contributed by atoms with Crippen molar-refractivity contribution in [3.05, 3.63) is 0 Å². The number of aliphatic imine (C=N–C) groups is 1. The lowest BCUT2D eigenvalue weighted by molar-refractivity contribution is 0.102. The SMILES string of the molecule is CC(C)(C)NC(=O)O/C=N/c1nnc(OCCON)s1. The van der Waals surface area contributed by atoms with Gasteiger partial charge in [-0.15, -0.1) is 5.10 Å². The Kier molecular flexibility index (Phi) is 6.28. The summed E-state index contributed by atoms with van der Waals surface area (Å²) in [5, 5.41) is 10.7. The number of nitrogens with two attached hydrogens (primary N) is 1. The van der Waals surface area contributed by atoms with E-state index in [1.807, 2.05) is 20.8 Å². The summed E-state index contributed by atoms with van der Waals surface area (Å²) in [7, 11) is 0. The number of ether oxygens (including phenoxy) is 2. The van der Waals surface area contributed by atoms with Crippen molar-refractivity contribution < 1.29 is 19.1 Å². The molecule has 0 radical (unpaired) electrons. The molecule has 1 heterocycles. The van der Waals surface area contributed by atoms with Gasteiger partial charge in [-0.3, -0.25) is 0 Å². The van der Waals surface area contributed by atoms with E-state index in [4.69, 9.17) is 15.4 Å². The van der Waals surface area contributed by atoms with Gasteiger partial charge in [0.1, 0.15) is 13.2 Å². The number of carbonyl (C=O) groups excluding carboxylic acids is 1. The van der Waals surface area contributed by atoms with Crippen molar-refractivity contribution in [3.8, 4) is 5.19 Å². The number of hydrogen-bond donors (Lipinski definition) is 2. The van der Waals surface area contributed by atoms with Gasteiger partial charge in [0.05, 0.1) is 0 Å². The van der Waals surface area contributed by atoms with Gasteiger partial charge in [0.25, 0.3) is 5.19 Å². The third kappa shape index (κ3) is 6.97. The minimum absolute atomic E-state index is 0.244. The Morgan fingerprint density at radius 2 is 2.20 bits per heavy atom. The fourth-order valence-electron chi connectivity index (χ4n) is 0.945. The van der Waals surface area contributed by atoms with E-state index in [-0.39, 0.29) is 18.8 Å². The van der Waals surface area contributed by atoms with Crippen LogP contribution in [0.15, 0.2) is 4.99 Å². The Bertz CT molecular complexity index is 457. The Morgan fingerprint density at radius 1 is 1.45 bits per heavy atom. The van der Waals surface area contributed by atoms with Gasteiger partial charge in [0.15, 0.2) is 6.40 Å². The van der Waals surface area contributed by atoms with E-state index in [0.717, 1.165) is 17.7 Å². The average molecular weight is 303 g/mol. The molecule has 1 rings (SSSR count). The molecule has 10 heteroatoms. The fourth-order valence-corrected chi connectivity index (χ4v) is 1.50. The summed E-state index contributed by atoms with van der Waals surface area (Å²) < 4.78 is 9.92. The van der Waals surface area contributed by atoms with Crippen molar-refractivity contribution in [2.24, 2.45) is 10.9 Å². The molecule has 0 saturated heterocycles. The van der Waals surface area contributed by atoms with Crippen LogP contribution < -0.4 is 16.0 Å². The zero-order chi connectivity index (χ0) is 15.0. The molecule has 0 aliphatic carbocycles. The maximum Gasteiger partial charge on any atom is 0.413 e. The van der Waals surface area contributed by atoms with E-state index in [1.54, 1.807) is 0 Å². The first kappa shape index (κ1) is 16.3. The molecule has 0 unspecified atom stereocenters. The van der Waals surface area contributed by atoms with Gasteiger partial charge < -0.3 is 19.6 Å². The summed E-state index contributed by atoms with van der Waals surface area (Å²) in [5.41, 5.74) is -0.375. The van der Waals surface area contributed by atoms with Crippen molar-refractivity contribution in [2.45, 2.75) is 26.3 Å². The van der Waals surface area contributed by atoms with Gasteiger partial charge >= 0.3 is 6.09 Å². The standard InChI is InChI=1S/C10H17N5O4S/c1-10(2,3)13-8(16)18-6-12-7-14-15-9(20-7)17-4-5-19-11/h6H,4-5,11H2,1-3H3,(H,13,16)/b12-6+. The van der Waals surface area contributed by atoms with Crippen molar-refractivity contribution in [1.29, 1.82) is 0 Å². The zero-order valence-corrected chi connectivity index (χ0v) is 12.3. The molecule has 0 atom stereocenters. The van der Waals surface area contributed by atoms with Crippen LogP contribution in [0.5, 0.6) is 5.19 Å². The van der Waals surface area contributed by atoms with Crippen molar-refractivity contribution >= 4 is 29.0 Å². The number of nitrogens with zero attached hydrogens (tertiary/aromatic N) is 3. The predicted molar refractivity (Wildman–Crippen MR) is 73.1 cm³/mol. The molecule has 0 spiro atoms. The van der Waals surface area contributed by atoms with Crippen molar-refractivity contribution in [3.63, 3.8) is 0 Å². The summed E-state index contributed by atoms with van der Waals surface area (Å²) in [6.45, 7) is 6.02. The average Bonchev–Trinajstić information content (AvgIpc) is 2.75. The molecular formula is C10H17N5O4S. The number of nitrogens with one attached hydrogen (secondary N) is 1. The van der Waals surface area contributed by atoms with Gasteiger partial charge in [0, 0.05) is 5.54 Å². The summed E-state index contributed by atoms with van der Waals surface area (Å²) >= 11 is 1.10. The highest BCUT2D eigenvalue weighted by Gasteiger charge is 2.13. The second kappa shape index (κ2) is 7.72. The van der Waals surface area contributed by atoms with Gasteiger partial charge in [0.2, 0.25) is 5.13 Å². The molecule has 0 bridgehead atoms. The van der Waals surface area contributed by atoms with E-state index in [0.29, 0.717) is 10.3 Å². The third-order valence-corrected chi connectivity index (χ3v) is 2.37. The van der Waals surface area contributed by atoms with E-state index in [2.05, 4.69) is 25.3 Å². The highest BCUT2D eigenvalue weighted by Crippen LogP contribution is 2.24. The third-order valence-electron chi connectivity index (χ3n) is 1.62. The van der Waals surface area contributed by atoms with E-state index in [9.17, 15) is 4.79 Å². The van der Waals surface area contributed by atoms with Crippen LogP contribution in [0.3, 0.4) is 0 Å². The monoisotopic (exact) mass is 303 g/mol. The second-order valence-corrected chi connectivity index (χ2v) is 5.50. The lowest BCUT2D eigenvalue weighted by atomic mass is 10.1. The molecular weight excluding hydrogens is 286 g/mol. The van der Waals surface area contributed by atoms with Crippen LogP contribution in [0.2, 0.25) is 0 Å². The van der Waals surface area contributed by atoms with Crippen LogP contribution in [0, 0.1) is 0 Å². The molecule has 1 amide bonds. The van der Waals surface area contributed by atoms with Crippen LogP contribution in [0.1, 0.15) is 20.8 Å². The highest BCUT2D eigenvalue weighted by atomic mass is 32.1. The van der Waals surface area contributed by atoms with Crippen molar-refractivity contribution in [2.75, 3.05) is 13.2 Å². The first-order valence-electron chi connectivity index (χ1n) is 5.70. The van der Waals surface area contributed by atoms with Crippen LogP contribution in [-0.2, 0) is 9.57 Å². The maximum absolute atomic E-state index is 11.3. The molecule has 3 N–H and O–H groups in total. The van der Waals surface area contributed by atoms with E-state index >= 15 is 0 Å². The molecule has 1 aromatic heterocycles. The molecule has 0 aliphatic rings. The first-order valence-corrected chi connectivity index (χ1v) is 6.51.